The Morgan fingerprint density at radius 3 is 2.69 bits per heavy atom. The van der Waals surface area contributed by atoms with E-state index in [2.05, 4.69) is 20.9 Å². The monoisotopic (exact) mass is 297 g/mol. The van der Waals surface area contributed by atoms with Crippen molar-refractivity contribution in [1.82, 2.24) is 4.98 Å². The molecule has 1 aromatic heterocycles. The topological polar surface area (TPSA) is 22.1 Å². The molecule has 2 rings (SSSR count). The molecule has 0 aliphatic rings. The zero-order valence-corrected chi connectivity index (χ0v) is 10.9. The fourth-order valence-corrected chi connectivity index (χ4v) is 2.19. The number of halogens is 2. The van der Waals surface area contributed by atoms with Crippen molar-refractivity contribution in [2.24, 2.45) is 0 Å². The van der Waals surface area contributed by atoms with Crippen LogP contribution in [0.3, 0.4) is 0 Å². The van der Waals surface area contributed by atoms with Crippen molar-refractivity contribution in [1.29, 1.82) is 0 Å². The first-order chi connectivity index (χ1) is 7.70. The molecule has 2 aromatic rings. The van der Waals surface area contributed by atoms with E-state index in [0.29, 0.717) is 5.15 Å². The Balaban J connectivity index is 2.48. The number of benzene rings is 1. The Morgan fingerprint density at radius 1 is 1.25 bits per heavy atom. The van der Waals surface area contributed by atoms with E-state index in [4.69, 9.17) is 16.3 Å². The molecule has 0 aliphatic heterocycles. The molecule has 0 amide bonds. The second kappa shape index (κ2) is 4.85. The van der Waals surface area contributed by atoms with Crippen LogP contribution in [0, 0.1) is 0 Å². The summed E-state index contributed by atoms with van der Waals surface area (Å²) in [5, 5.41) is 0.486. The quantitative estimate of drug-likeness (QED) is 0.776. The fourth-order valence-electron chi connectivity index (χ4n) is 1.43. The Hall–Kier alpha value is -1.06. The van der Waals surface area contributed by atoms with Crippen molar-refractivity contribution in [2.45, 2.75) is 0 Å². The lowest BCUT2D eigenvalue weighted by atomic mass is 10.1. The molecule has 1 aromatic carbocycles. The summed E-state index contributed by atoms with van der Waals surface area (Å²) < 4.78 is 6.11. The van der Waals surface area contributed by atoms with Gasteiger partial charge >= 0.3 is 0 Å². The van der Waals surface area contributed by atoms with Gasteiger partial charge in [-0.1, -0.05) is 27.5 Å². The molecule has 0 aliphatic carbocycles. The van der Waals surface area contributed by atoms with Crippen molar-refractivity contribution >= 4 is 27.5 Å². The van der Waals surface area contributed by atoms with Gasteiger partial charge in [-0.15, -0.1) is 0 Å². The molecule has 4 heteroatoms. The Bertz CT molecular complexity index is 516. The van der Waals surface area contributed by atoms with Crippen molar-refractivity contribution in [3.8, 4) is 16.9 Å². The average molecular weight is 299 g/mol. The van der Waals surface area contributed by atoms with Crippen molar-refractivity contribution in [3.63, 3.8) is 0 Å². The minimum absolute atomic E-state index is 0.486. The lowest BCUT2D eigenvalue weighted by Crippen LogP contribution is -1.85. The van der Waals surface area contributed by atoms with Crippen molar-refractivity contribution in [2.75, 3.05) is 7.11 Å². The van der Waals surface area contributed by atoms with E-state index in [0.717, 1.165) is 21.3 Å². The van der Waals surface area contributed by atoms with E-state index in [9.17, 15) is 0 Å². The third-order valence-corrected chi connectivity index (χ3v) is 3.08. The van der Waals surface area contributed by atoms with Crippen LogP contribution in [0.5, 0.6) is 5.75 Å². The molecule has 82 valence electrons. The highest BCUT2D eigenvalue weighted by molar-refractivity contribution is 9.10. The molecule has 0 spiro atoms. The summed E-state index contributed by atoms with van der Waals surface area (Å²) in [6, 6.07) is 9.55. The van der Waals surface area contributed by atoms with Crippen LogP contribution >= 0.6 is 27.5 Å². The van der Waals surface area contributed by atoms with Crippen LogP contribution in [0.25, 0.3) is 11.1 Å². The summed E-state index contributed by atoms with van der Waals surface area (Å²) in [6.07, 6.45) is 1.69. The highest BCUT2D eigenvalue weighted by Crippen LogP contribution is 2.31. The molecule has 1 heterocycles. The van der Waals surface area contributed by atoms with Crippen LogP contribution < -0.4 is 4.74 Å². The van der Waals surface area contributed by atoms with Crippen LogP contribution in [0.4, 0.5) is 0 Å². The van der Waals surface area contributed by atoms with Gasteiger partial charge in [0, 0.05) is 10.7 Å². The van der Waals surface area contributed by atoms with Gasteiger partial charge in [-0.3, -0.25) is 0 Å². The maximum atomic E-state index is 5.85. The van der Waals surface area contributed by atoms with Gasteiger partial charge in [0.1, 0.15) is 10.9 Å². The van der Waals surface area contributed by atoms with E-state index >= 15 is 0 Å². The first kappa shape index (κ1) is 11.4. The Morgan fingerprint density at radius 2 is 2.06 bits per heavy atom. The molecule has 0 bridgehead atoms. The van der Waals surface area contributed by atoms with E-state index in [1.54, 1.807) is 13.3 Å². The SMILES string of the molecule is COc1ccc(-c2ccnc(Cl)c2)c(Br)c1. The van der Waals surface area contributed by atoms with Gasteiger partial charge in [-0.05, 0) is 41.5 Å². The second-order valence-corrected chi connectivity index (χ2v) is 4.45. The summed E-state index contributed by atoms with van der Waals surface area (Å²) >= 11 is 9.36. The second-order valence-electron chi connectivity index (χ2n) is 3.21. The van der Waals surface area contributed by atoms with E-state index in [-0.39, 0.29) is 0 Å². The maximum Gasteiger partial charge on any atom is 0.129 e. The molecular formula is C12H9BrClNO. The highest BCUT2D eigenvalue weighted by atomic mass is 79.9. The molecule has 0 unspecified atom stereocenters. The minimum atomic E-state index is 0.486. The summed E-state index contributed by atoms with van der Waals surface area (Å²) in [5.41, 5.74) is 2.08. The van der Waals surface area contributed by atoms with Crippen LogP contribution in [-0.2, 0) is 0 Å². The van der Waals surface area contributed by atoms with Crippen LogP contribution in [0.1, 0.15) is 0 Å². The van der Waals surface area contributed by atoms with Crippen LogP contribution in [0.15, 0.2) is 41.0 Å². The van der Waals surface area contributed by atoms with Gasteiger partial charge in [0.15, 0.2) is 0 Å². The van der Waals surface area contributed by atoms with Gasteiger partial charge in [0.05, 0.1) is 7.11 Å². The Kier molecular flexibility index (Phi) is 3.46. The molecule has 2 nitrogen and oxygen atoms in total. The van der Waals surface area contributed by atoms with E-state index < -0.39 is 0 Å². The van der Waals surface area contributed by atoms with Gasteiger partial charge < -0.3 is 4.74 Å². The van der Waals surface area contributed by atoms with Gasteiger partial charge in [0.25, 0.3) is 0 Å². The van der Waals surface area contributed by atoms with Gasteiger partial charge in [-0.25, -0.2) is 4.98 Å². The molecule has 0 N–H and O–H groups in total. The van der Waals surface area contributed by atoms with E-state index in [1.165, 1.54) is 0 Å². The summed E-state index contributed by atoms with van der Waals surface area (Å²) in [6.45, 7) is 0. The predicted molar refractivity (Wildman–Crippen MR) is 68.9 cm³/mol. The number of hydrogen-bond donors (Lipinski definition) is 0. The first-order valence-corrected chi connectivity index (χ1v) is 5.83. The Labute approximate surface area is 107 Å². The molecule has 0 saturated heterocycles. The lowest BCUT2D eigenvalue weighted by molar-refractivity contribution is 0.414. The molecule has 0 fully saturated rings. The van der Waals surface area contributed by atoms with Gasteiger partial charge in [0.2, 0.25) is 0 Å². The normalized spacial score (nSPS) is 10.2. The number of pyridine rings is 1. The highest BCUT2D eigenvalue weighted by Gasteiger charge is 2.05. The lowest BCUT2D eigenvalue weighted by Gasteiger charge is -2.07. The summed E-state index contributed by atoms with van der Waals surface area (Å²) in [7, 11) is 1.64. The fraction of sp³-hybridized carbons (Fsp3) is 0.0833. The first-order valence-electron chi connectivity index (χ1n) is 4.66. The predicted octanol–water partition coefficient (Wildman–Crippen LogP) is 4.17. The molecule has 0 saturated carbocycles. The number of ether oxygens (including phenoxy) is 1. The zero-order valence-electron chi connectivity index (χ0n) is 8.58. The summed E-state index contributed by atoms with van der Waals surface area (Å²) in [5.74, 6) is 0.816. The van der Waals surface area contributed by atoms with E-state index in [1.807, 2.05) is 30.3 Å². The van der Waals surface area contributed by atoms with Crippen LogP contribution in [-0.4, -0.2) is 12.1 Å². The number of aromatic nitrogens is 1. The number of methoxy groups -OCH3 is 1. The molecule has 0 radical (unpaired) electrons. The largest absolute Gasteiger partial charge is 0.497 e. The standard InChI is InChI=1S/C12H9BrClNO/c1-16-9-2-3-10(11(13)7-9)8-4-5-15-12(14)6-8/h2-7H,1H3. The third-order valence-electron chi connectivity index (χ3n) is 2.21. The smallest absolute Gasteiger partial charge is 0.129 e. The van der Waals surface area contributed by atoms with Crippen molar-refractivity contribution < 1.29 is 4.74 Å². The molecular weight excluding hydrogens is 289 g/mol. The number of rotatable bonds is 2. The number of hydrogen-bond acceptors (Lipinski definition) is 2. The van der Waals surface area contributed by atoms with Crippen molar-refractivity contribution in [3.05, 3.63) is 46.2 Å². The van der Waals surface area contributed by atoms with Gasteiger partial charge in [-0.2, -0.15) is 0 Å². The zero-order chi connectivity index (χ0) is 11.5. The molecule has 0 atom stereocenters. The minimum Gasteiger partial charge on any atom is -0.497 e. The molecule has 16 heavy (non-hydrogen) atoms. The maximum absolute atomic E-state index is 5.85. The average Bonchev–Trinajstić information content (AvgIpc) is 2.28. The summed E-state index contributed by atoms with van der Waals surface area (Å²) in [4.78, 5) is 3.95. The van der Waals surface area contributed by atoms with Crippen LogP contribution in [0.2, 0.25) is 5.15 Å². The third kappa shape index (κ3) is 2.36. The number of nitrogens with zero attached hydrogens (tertiary/aromatic N) is 1.